The number of hydrogen-bond donors (Lipinski definition) is 0. The van der Waals surface area contributed by atoms with E-state index in [-0.39, 0.29) is 38.1 Å². The fraction of sp³-hybridized carbons (Fsp3) is 0.667. The lowest BCUT2D eigenvalue weighted by molar-refractivity contribution is -0.155. The van der Waals surface area contributed by atoms with E-state index in [0.717, 1.165) is 0 Å². The third-order valence-electron chi connectivity index (χ3n) is 2.10. The molecule has 1 fully saturated rings. The van der Waals surface area contributed by atoms with E-state index >= 15 is 0 Å². The third kappa shape index (κ3) is 2.93. The lowest BCUT2D eigenvalue weighted by Gasteiger charge is -2.30. The number of esters is 1. The van der Waals surface area contributed by atoms with Gasteiger partial charge in [0, 0.05) is 7.05 Å². The first-order valence-electron chi connectivity index (χ1n) is 4.72. The van der Waals surface area contributed by atoms with Gasteiger partial charge in [-0.2, -0.15) is 0 Å². The number of nitrogens with zero attached hydrogens (tertiary/aromatic N) is 2. The number of carbonyl (C=O) groups is 3. The number of ether oxygens (including phenoxy) is 1. The Labute approximate surface area is 87.8 Å². The number of rotatable bonds is 3. The highest BCUT2D eigenvalue weighted by Crippen LogP contribution is 2.02. The number of carbonyl (C=O) groups excluding carboxylic acids is 3. The van der Waals surface area contributed by atoms with Crippen LogP contribution in [0.15, 0.2) is 0 Å². The first-order valence-corrected chi connectivity index (χ1v) is 4.72. The van der Waals surface area contributed by atoms with Crippen molar-refractivity contribution in [3.8, 4) is 0 Å². The average Bonchev–Trinajstić information content (AvgIpc) is 2.14. The van der Waals surface area contributed by atoms with Crippen molar-refractivity contribution in [3.05, 3.63) is 0 Å². The van der Waals surface area contributed by atoms with Crippen molar-refractivity contribution in [1.82, 2.24) is 9.80 Å². The van der Waals surface area contributed by atoms with Crippen LogP contribution in [0.25, 0.3) is 0 Å². The summed E-state index contributed by atoms with van der Waals surface area (Å²) < 4.78 is 4.70. The molecule has 0 aromatic carbocycles. The molecule has 0 unspecified atom stereocenters. The first kappa shape index (κ1) is 11.5. The number of amides is 2. The SMILES string of the molecule is CCOC(=O)CN1CC(=O)N(C)CC1=O. The maximum Gasteiger partial charge on any atom is 0.325 e. The second-order valence-corrected chi connectivity index (χ2v) is 3.30. The summed E-state index contributed by atoms with van der Waals surface area (Å²) in [5.41, 5.74) is 0. The van der Waals surface area contributed by atoms with Crippen molar-refractivity contribution in [2.24, 2.45) is 0 Å². The van der Waals surface area contributed by atoms with Gasteiger partial charge in [0.15, 0.2) is 0 Å². The number of likely N-dealkylation sites (N-methyl/N-ethyl adjacent to an activating group) is 1. The van der Waals surface area contributed by atoms with Crippen molar-refractivity contribution >= 4 is 17.8 Å². The highest BCUT2D eigenvalue weighted by atomic mass is 16.5. The van der Waals surface area contributed by atoms with Crippen molar-refractivity contribution < 1.29 is 19.1 Å². The summed E-state index contributed by atoms with van der Waals surface area (Å²) in [6.07, 6.45) is 0. The molecular weight excluding hydrogens is 200 g/mol. The minimum Gasteiger partial charge on any atom is -0.465 e. The van der Waals surface area contributed by atoms with E-state index in [2.05, 4.69) is 0 Å². The average molecular weight is 214 g/mol. The van der Waals surface area contributed by atoms with Crippen LogP contribution in [0.3, 0.4) is 0 Å². The van der Waals surface area contributed by atoms with Crippen LogP contribution in [0.4, 0.5) is 0 Å². The Balaban J connectivity index is 2.51. The molecule has 6 nitrogen and oxygen atoms in total. The third-order valence-corrected chi connectivity index (χ3v) is 2.10. The van der Waals surface area contributed by atoms with Crippen LogP contribution in [-0.2, 0) is 19.1 Å². The van der Waals surface area contributed by atoms with Gasteiger partial charge in [-0.05, 0) is 6.92 Å². The zero-order valence-corrected chi connectivity index (χ0v) is 8.86. The molecule has 1 aliphatic heterocycles. The molecule has 6 heteroatoms. The minimum absolute atomic E-state index is 0.0260. The predicted molar refractivity (Wildman–Crippen MR) is 50.9 cm³/mol. The van der Waals surface area contributed by atoms with Crippen molar-refractivity contribution in [2.75, 3.05) is 33.3 Å². The van der Waals surface area contributed by atoms with Gasteiger partial charge in [-0.15, -0.1) is 0 Å². The van der Waals surface area contributed by atoms with Gasteiger partial charge in [-0.1, -0.05) is 0 Å². The van der Waals surface area contributed by atoms with Gasteiger partial charge in [0.05, 0.1) is 13.2 Å². The summed E-state index contributed by atoms with van der Waals surface area (Å²) in [4.78, 5) is 36.3. The summed E-state index contributed by atoms with van der Waals surface area (Å²) in [6.45, 7) is 1.79. The molecule has 0 bridgehead atoms. The molecule has 0 spiro atoms. The summed E-state index contributed by atoms with van der Waals surface area (Å²) in [7, 11) is 1.56. The zero-order valence-electron chi connectivity index (χ0n) is 8.86. The molecule has 0 aromatic heterocycles. The van der Waals surface area contributed by atoms with Gasteiger partial charge in [-0.3, -0.25) is 14.4 Å². The summed E-state index contributed by atoms with van der Waals surface area (Å²) >= 11 is 0. The van der Waals surface area contributed by atoms with E-state index in [1.54, 1.807) is 14.0 Å². The molecule has 2 amide bonds. The van der Waals surface area contributed by atoms with Crippen LogP contribution < -0.4 is 0 Å². The largest absolute Gasteiger partial charge is 0.465 e. The van der Waals surface area contributed by atoms with Crippen LogP contribution in [-0.4, -0.2) is 60.9 Å². The number of piperazine rings is 1. The lowest BCUT2D eigenvalue weighted by Crippen LogP contribution is -2.53. The molecule has 0 N–H and O–H groups in total. The lowest BCUT2D eigenvalue weighted by atomic mass is 10.3. The molecule has 0 saturated carbocycles. The maximum absolute atomic E-state index is 11.4. The second kappa shape index (κ2) is 4.77. The molecule has 0 radical (unpaired) electrons. The molecule has 84 valence electrons. The van der Waals surface area contributed by atoms with E-state index < -0.39 is 5.97 Å². The Bertz CT molecular complexity index is 290. The molecule has 1 heterocycles. The molecule has 15 heavy (non-hydrogen) atoms. The van der Waals surface area contributed by atoms with Gasteiger partial charge in [0.25, 0.3) is 0 Å². The van der Waals surface area contributed by atoms with Crippen molar-refractivity contribution in [3.63, 3.8) is 0 Å². The van der Waals surface area contributed by atoms with Crippen LogP contribution >= 0.6 is 0 Å². The normalized spacial score (nSPS) is 16.9. The second-order valence-electron chi connectivity index (χ2n) is 3.30. The van der Waals surface area contributed by atoms with Gasteiger partial charge in [0.1, 0.15) is 13.1 Å². The van der Waals surface area contributed by atoms with E-state index in [4.69, 9.17) is 4.74 Å². The van der Waals surface area contributed by atoms with Gasteiger partial charge in [-0.25, -0.2) is 0 Å². The van der Waals surface area contributed by atoms with Crippen molar-refractivity contribution in [1.29, 1.82) is 0 Å². The van der Waals surface area contributed by atoms with Gasteiger partial charge >= 0.3 is 5.97 Å². The molecular formula is C9H14N2O4. The van der Waals surface area contributed by atoms with Crippen LogP contribution in [0.5, 0.6) is 0 Å². The van der Waals surface area contributed by atoms with Crippen LogP contribution in [0.2, 0.25) is 0 Å². The van der Waals surface area contributed by atoms with Crippen LogP contribution in [0.1, 0.15) is 6.92 Å². The Kier molecular flexibility index (Phi) is 3.65. The Hall–Kier alpha value is -1.59. The molecule has 0 atom stereocenters. The van der Waals surface area contributed by atoms with Gasteiger partial charge < -0.3 is 14.5 Å². The van der Waals surface area contributed by atoms with E-state index in [0.29, 0.717) is 0 Å². The number of hydrogen-bond acceptors (Lipinski definition) is 4. The molecule has 1 aliphatic rings. The van der Waals surface area contributed by atoms with E-state index in [1.165, 1.54) is 9.80 Å². The molecule has 0 aliphatic carbocycles. The molecule has 1 rings (SSSR count). The predicted octanol–water partition coefficient (Wildman–Crippen LogP) is -1.15. The fourth-order valence-electron chi connectivity index (χ4n) is 1.27. The summed E-state index contributed by atoms with van der Waals surface area (Å²) in [5.74, 6) is -0.882. The molecule has 1 saturated heterocycles. The quantitative estimate of drug-likeness (QED) is 0.556. The minimum atomic E-state index is -0.483. The standard InChI is InChI=1S/C9H14N2O4/c1-3-15-9(14)6-11-5-7(12)10(2)4-8(11)13/h3-6H2,1-2H3. The first-order chi connectivity index (χ1) is 7.04. The van der Waals surface area contributed by atoms with Crippen molar-refractivity contribution in [2.45, 2.75) is 6.92 Å². The Morgan fingerprint density at radius 3 is 2.60 bits per heavy atom. The Morgan fingerprint density at radius 2 is 2.00 bits per heavy atom. The smallest absolute Gasteiger partial charge is 0.325 e. The summed E-state index contributed by atoms with van der Waals surface area (Å²) in [5, 5.41) is 0. The van der Waals surface area contributed by atoms with Gasteiger partial charge in [0.2, 0.25) is 11.8 Å². The highest BCUT2D eigenvalue weighted by Gasteiger charge is 2.28. The Morgan fingerprint density at radius 1 is 1.33 bits per heavy atom. The topological polar surface area (TPSA) is 66.9 Å². The fourth-order valence-corrected chi connectivity index (χ4v) is 1.27. The monoisotopic (exact) mass is 214 g/mol. The highest BCUT2D eigenvalue weighted by molar-refractivity contribution is 5.94. The maximum atomic E-state index is 11.4. The molecule has 0 aromatic rings. The summed E-state index contributed by atoms with van der Waals surface area (Å²) in [6, 6.07) is 0. The zero-order chi connectivity index (χ0) is 11.4. The van der Waals surface area contributed by atoms with E-state index in [1.807, 2.05) is 0 Å². The van der Waals surface area contributed by atoms with E-state index in [9.17, 15) is 14.4 Å². The van der Waals surface area contributed by atoms with Crippen LogP contribution in [0, 0.1) is 0 Å².